The van der Waals surface area contributed by atoms with Gasteiger partial charge >= 0.3 is 0 Å². The van der Waals surface area contributed by atoms with Crippen molar-refractivity contribution in [2.24, 2.45) is 0 Å². The summed E-state index contributed by atoms with van der Waals surface area (Å²) >= 11 is 0. The van der Waals surface area contributed by atoms with Crippen molar-refractivity contribution in [3.05, 3.63) is 29.8 Å². The lowest BCUT2D eigenvalue weighted by Crippen LogP contribution is -2.50. The second-order valence-corrected chi connectivity index (χ2v) is 5.80. The van der Waals surface area contributed by atoms with Crippen LogP contribution in [0.4, 0.5) is 5.69 Å². The third kappa shape index (κ3) is 3.72. The van der Waals surface area contributed by atoms with Gasteiger partial charge in [-0.05, 0) is 18.6 Å². The van der Waals surface area contributed by atoms with Crippen molar-refractivity contribution in [1.82, 2.24) is 5.32 Å². The highest BCUT2D eigenvalue weighted by molar-refractivity contribution is 5.55. The van der Waals surface area contributed by atoms with Crippen molar-refractivity contribution in [3.63, 3.8) is 0 Å². The molecular weight excluding hydrogens is 252 g/mol. The molecule has 0 radical (unpaired) electrons. The van der Waals surface area contributed by atoms with Crippen LogP contribution in [0, 0.1) is 0 Å². The summed E-state index contributed by atoms with van der Waals surface area (Å²) in [7, 11) is 0. The van der Waals surface area contributed by atoms with Crippen molar-refractivity contribution < 1.29 is 9.84 Å². The minimum Gasteiger partial charge on any atom is -0.394 e. The summed E-state index contributed by atoms with van der Waals surface area (Å²) in [5, 5.41) is 12.8. The zero-order chi connectivity index (χ0) is 14.5. The zero-order valence-corrected chi connectivity index (χ0v) is 12.7. The molecule has 20 heavy (non-hydrogen) atoms. The van der Waals surface area contributed by atoms with Crippen LogP contribution >= 0.6 is 0 Å². The van der Waals surface area contributed by atoms with E-state index in [1.54, 1.807) is 0 Å². The van der Waals surface area contributed by atoms with E-state index in [4.69, 9.17) is 4.74 Å². The Hall–Kier alpha value is -1.10. The zero-order valence-electron chi connectivity index (χ0n) is 12.7. The van der Waals surface area contributed by atoms with E-state index in [9.17, 15) is 5.11 Å². The fraction of sp³-hybridized carbons (Fsp3) is 0.625. The molecule has 2 atom stereocenters. The third-order valence-corrected chi connectivity index (χ3v) is 3.71. The maximum atomic E-state index is 9.32. The van der Waals surface area contributed by atoms with Crippen molar-refractivity contribution in [1.29, 1.82) is 0 Å². The highest BCUT2D eigenvalue weighted by Gasteiger charge is 2.26. The number of benzene rings is 1. The summed E-state index contributed by atoms with van der Waals surface area (Å²) in [5.41, 5.74) is 2.54. The number of morpholine rings is 1. The monoisotopic (exact) mass is 278 g/mol. The predicted molar refractivity (Wildman–Crippen MR) is 82.1 cm³/mol. The Morgan fingerprint density at radius 1 is 1.40 bits per heavy atom. The van der Waals surface area contributed by atoms with E-state index in [-0.39, 0.29) is 12.7 Å². The van der Waals surface area contributed by atoms with Gasteiger partial charge < -0.3 is 20.1 Å². The second kappa shape index (κ2) is 7.07. The van der Waals surface area contributed by atoms with Crippen molar-refractivity contribution in [2.75, 3.05) is 24.7 Å². The quantitative estimate of drug-likeness (QED) is 0.861. The highest BCUT2D eigenvalue weighted by atomic mass is 16.5. The van der Waals surface area contributed by atoms with E-state index in [1.165, 1.54) is 11.3 Å². The maximum absolute atomic E-state index is 9.32. The first-order valence-corrected chi connectivity index (χ1v) is 7.42. The van der Waals surface area contributed by atoms with Gasteiger partial charge in [0.15, 0.2) is 0 Å². The van der Waals surface area contributed by atoms with E-state index in [1.807, 2.05) is 0 Å². The molecule has 1 aliphatic rings. The minimum absolute atomic E-state index is 0.0790. The molecule has 112 valence electrons. The molecule has 0 bridgehead atoms. The molecule has 1 aromatic carbocycles. The van der Waals surface area contributed by atoms with Crippen LogP contribution in [0.5, 0.6) is 0 Å². The number of anilines is 1. The summed E-state index contributed by atoms with van der Waals surface area (Å²) in [6.45, 7) is 8.83. The molecule has 4 heteroatoms. The Kier molecular flexibility index (Phi) is 5.40. The normalized spacial score (nSPS) is 23.4. The molecule has 1 fully saturated rings. The van der Waals surface area contributed by atoms with Gasteiger partial charge in [0, 0.05) is 30.9 Å². The van der Waals surface area contributed by atoms with Crippen LogP contribution in [0.2, 0.25) is 0 Å². The van der Waals surface area contributed by atoms with E-state index in [2.05, 4.69) is 55.3 Å². The molecule has 1 heterocycles. The second-order valence-electron chi connectivity index (χ2n) is 5.80. The van der Waals surface area contributed by atoms with Gasteiger partial charge in [-0.1, -0.05) is 32.0 Å². The maximum Gasteiger partial charge on any atom is 0.0981 e. The molecule has 0 aromatic heterocycles. The molecule has 2 unspecified atom stereocenters. The Morgan fingerprint density at radius 2 is 2.15 bits per heavy atom. The molecule has 2 rings (SSSR count). The molecule has 1 aromatic rings. The smallest absolute Gasteiger partial charge is 0.0981 e. The molecule has 1 saturated heterocycles. The fourth-order valence-corrected chi connectivity index (χ4v) is 2.52. The van der Waals surface area contributed by atoms with E-state index in [0.29, 0.717) is 18.7 Å². The largest absolute Gasteiger partial charge is 0.394 e. The number of nitrogens with zero attached hydrogens (tertiary/aromatic N) is 1. The van der Waals surface area contributed by atoms with E-state index < -0.39 is 0 Å². The van der Waals surface area contributed by atoms with Crippen molar-refractivity contribution >= 4 is 5.69 Å². The van der Waals surface area contributed by atoms with Gasteiger partial charge in [0.1, 0.15) is 0 Å². The van der Waals surface area contributed by atoms with Crippen LogP contribution in [-0.2, 0) is 11.3 Å². The van der Waals surface area contributed by atoms with Gasteiger partial charge in [0.25, 0.3) is 0 Å². The lowest BCUT2D eigenvalue weighted by atomic mass is 10.1. The van der Waals surface area contributed by atoms with Crippen LogP contribution in [0.3, 0.4) is 0 Å². The Morgan fingerprint density at radius 3 is 2.85 bits per heavy atom. The summed E-state index contributed by atoms with van der Waals surface area (Å²) in [4.78, 5) is 2.35. The average Bonchev–Trinajstić information content (AvgIpc) is 2.46. The molecule has 1 aliphatic heterocycles. The van der Waals surface area contributed by atoms with Crippen LogP contribution in [0.1, 0.15) is 26.3 Å². The summed E-state index contributed by atoms with van der Waals surface area (Å²) < 4.78 is 5.62. The van der Waals surface area contributed by atoms with Crippen molar-refractivity contribution in [3.8, 4) is 0 Å². The predicted octanol–water partition coefficient (Wildman–Crippen LogP) is 1.77. The Bertz CT molecular complexity index is 423. The van der Waals surface area contributed by atoms with Crippen LogP contribution in [0.25, 0.3) is 0 Å². The minimum atomic E-state index is -0.0858. The Labute approximate surface area is 121 Å². The summed E-state index contributed by atoms with van der Waals surface area (Å²) in [6.07, 6.45) is -0.0858. The number of hydrogen-bond donors (Lipinski definition) is 2. The first-order chi connectivity index (χ1) is 9.61. The van der Waals surface area contributed by atoms with Gasteiger partial charge in [-0.2, -0.15) is 0 Å². The number of ether oxygens (including phenoxy) is 1. The number of hydrogen-bond acceptors (Lipinski definition) is 4. The molecule has 0 amide bonds. The first-order valence-electron chi connectivity index (χ1n) is 7.42. The highest BCUT2D eigenvalue weighted by Crippen LogP contribution is 2.25. The van der Waals surface area contributed by atoms with Gasteiger partial charge in [-0.15, -0.1) is 0 Å². The van der Waals surface area contributed by atoms with Gasteiger partial charge in [-0.25, -0.2) is 0 Å². The van der Waals surface area contributed by atoms with Crippen LogP contribution < -0.4 is 10.2 Å². The number of nitrogens with one attached hydrogen (secondary N) is 1. The fourth-order valence-electron chi connectivity index (χ4n) is 2.52. The molecular formula is C16H26N2O2. The molecule has 4 nitrogen and oxygen atoms in total. The molecule has 0 spiro atoms. The average molecular weight is 278 g/mol. The molecule has 0 saturated carbocycles. The van der Waals surface area contributed by atoms with Gasteiger partial charge in [0.05, 0.1) is 19.3 Å². The standard InChI is InChI=1S/C16H26N2O2/c1-12(2)17-8-14-6-4-5-7-16(14)18-9-15(10-19)20-11-13(18)3/h4-7,12-13,15,17,19H,8-11H2,1-3H3. The summed E-state index contributed by atoms with van der Waals surface area (Å²) in [6, 6.07) is 9.28. The number of para-hydroxylation sites is 1. The van der Waals surface area contributed by atoms with Crippen LogP contribution in [-0.4, -0.2) is 43.1 Å². The number of rotatable bonds is 5. The molecule has 0 aliphatic carbocycles. The van der Waals surface area contributed by atoms with Gasteiger partial charge in [0.2, 0.25) is 0 Å². The topological polar surface area (TPSA) is 44.7 Å². The number of aliphatic hydroxyl groups excluding tert-OH is 1. The Balaban J connectivity index is 2.17. The lowest BCUT2D eigenvalue weighted by Gasteiger charge is -2.40. The lowest BCUT2D eigenvalue weighted by molar-refractivity contribution is -0.0103. The van der Waals surface area contributed by atoms with E-state index in [0.717, 1.165) is 13.1 Å². The van der Waals surface area contributed by atoms with Crippen LogP contribution in [0.15, 0.2) is 24.3 Å². The summed E-state index contributed by atoms with van der Waals surface area (Å²) in [5.74, 6) is 0. The van der Waals surface area contributed by atoms with Crippen molar-refractivity contribution in [2.45, 2.75) is 45.5 Å². The third-order valence-electron chi connectivity index (χ3n) is 3.71. The first kappa shape index (κ1) is 15.3. The van der Waals surface area contributed by atoms with Gasteiger partial charge in [-0.3, -0.25) is 0 Å². The number of aliphatic hydroxyl groups is 1. The van der Waals surface area contributed by atoms with E-state index >= 15 is 0 Å². The molecule has 2 N–H and O–H groups in total. The SMILES string of the molecule is CC(C)NCc1ccccc1N1CC(CO)OCC1C.